The maximum absolute atomic E-state index is 13.7. The van der Waals surface area contributed by atoms with E-state index in [-0.39, 0.29) is 17.2 Å². The fraction of sp³-hybridized carbons (Fsp3) is 0.435. The average Bonchev–Trinajstić information content (AvgIpc) is 3.40. The van der Waals surface area contributed by atoms with E-state index in [0.29, 0.717) is 38.1 Å². The lowest BCUT2D eigenvalue weighted by Gasteiger charge is -2.26. The van der Waals surface area contributed by atoms with Crippen molar-refractivity contribution in [2.45, 2.75) is 31.3 Å². The molecule has 0 bridgehead atoms. The number of benzene rings is 1. The maximum Gasteiger partial charge on any atom is 0.267 e. The predicted octanol–water partition coefficient (Wildman–Crippen LogP) is 3.29. The van der Waals surface area contributed by atoms with Crippen LogP contribution in [0.4, 0.5) is 0 Å². The van der Waals surface area contributed by atoms with Gasteiger partial charge in [-0.05, 0) is 56.0 Å². The highest BCUT2D eigenvalue weighted by Crippen LogP contribution is 2.36. The summed E-state index contributed by atoms with van der Waals surface area (Å²) in [6.07, 6.45) is 3.03. The molecular formula is C23H25N3O4S2. The molecule has 0 unspecified atom stereocenters. The van der Waals surface area contributed by atoms with Crippen LogP contribution in [-0.4, -0.2) is 59.0 Å². The number of fused-ring (bicyclic) bond motifs is 3. The number of morpholine rings is 1. The van der Waals surface area contributed by atoms with Crippen LogP contribution in [-0.2, 0) is 22.4 Å². The molecule has 32 heavy (non-hydrogen) atoms. The number of amides is 1. The van der Waals surface area contributed by atoms with Gasteiger partial charge in [0, 0.05) is 18.0 Å². The molecule has 1 amide bonds. The first-order valence-electron chi connectivity index (χ1n) is 10.9. The number of carbonyl (C=O) groups is 1. The van der Waals surface area contributed by atoms with Gasteiger partial charge in [-0.2, -0.15) is 0 Å². The topological polar surface area (TPSA) is 73.7 Å². The molecule has 0 saturated carbocycles. The number of aryl methyl sites for hydroxylation is 2. The summed E-state index contributed by atoms with van der Waals surface area (Å²) in [7, 11) is 0. The highest BCUT2D eigenvalue weighted by Gasteiger charge is 2.25. The van der Waals surface area contributed by atoms with Crippen molar-refractivity contribution in [3.05, 3.63) is 45.1 Å². The second kappa shape index (κ2) is 9.25. The first-order valence-corrected chi connectivity index (χ1v) is 12.7. The maximum atomic E-state index is 13.7. The minimum Gasteiger partial charge on any atom is -0.494 e. The van der Waals surface area contributed by atoms with Crippen LogP contribution < -0.4 is 10.3 Å². The van der Waals surface area contributed by atoms with Crippen molar-refractivity contribution >= 4 is 39.2 Å². The van der Waals surface area contributed by atoms with Crippen molar-refractivity contribution in [3.8, 4) is 11.4 Å². The Hall–Kier alpha value is -2.36. The van der Waals surface area contributed by atoms with E-state index in [1.807, 2.05) is 36.1 Å². The third-order valence-corrected chi connectivity index (χ3v) is 7.91. The van der Waals surface area contributed by atoms with Crippen LogP contribution in [0.15, 0.2) is 34.2 Å². The molecule has 168 valence electrons. The number of rotatable bonds is 6. The van der Waals surface area contributed by atoms with Crippen molar-refractivity contribution in [1.82, 2.24) is 14.5 Å². The van der Waals surface area contributed by atoms with Crippen molar-refractivity contribution in [1.29, 1.82) is 0 Å². The molecule has 1 saturated heterocycles. The molecule has 1 aliphatic carbocycles. The molecule has 2 aromatic heterocycles. The molecule has 0 radical (unpaired) electrons. The van der Waals surface area contributed by atoms with Gasteiger partial charge in [-0.25, -0.2) is 4.98 Å². The standard InChI is InChI=1S/C23H25N3O4S2/c1-2-30-16-8-6-15(7-9-16)26-22(28)20-17-4-3-5-18(17)32-21(20)24-23(26)31-14-19(27)25-10-12-29-13-11-25/h6-9H,2-5,10-14H2,1H3. The summed E-state index contributed by atoms with van der Waals surface area (Å²) in [4.78, 5) is 35.2. The van der Waals surface area contributed by atoms with Gasteiger partial charge in [0.25, 0.3) is 5.56 Å². The van der Waals surface area contributed by atoms with Crippen LogP contribution >= 0.6 is 23.1 Å². The zero-order valence-electron chi connectivity index (χ0n) is 18.0. The molecule has 1 aliphatic heterocycles. The Morgan fingerprint density at radius 1 is 1.22 bits per heavy atom. The second-order valence-corrected chi connectivity index (χ2v) is 9.81. The fourth-order valence-corrected chi connectivity index (χ4v) is 6.46. The third-order valence-electron chi connectivity index (χ3n) is 5.80. The first kappa shape index (κ1) is 21.5. The Balaban J connectivity index is 1.53. The molecule has 0 atom stereocenters. The molecule has 7 nitrogen and oxygen atoms in total. The molecule has 9 heteroatoms. The van der Waals surface area contributed by atoms with E-state index < -0.39 is 0 Å². The van der Waals surface area contributed by atoms with Gasteiger partial charge in [0.2, 0.25) is 5.91 Å². The normalized spacial score (nSPS) is 15.8. The summed E-state index contributed by atoms with van der Waals surface area (Å²) in [5, 5.41) is 1.29. The Bertz CT molecular complexity index is 1200. The van der Waals surface area contributed by atoms with Crippen LogP contribution in [0.1, 0.15) is 23.8 Å². The SMILES string of the molecule is CCOc1ccc(-n2c(SCC(=O)N3CCOCC3)nc3sc4c(c3c2=O)CCC4)cc1. The smallest absolute Gasteiger partial charge is 0.267 e. The highest BCUT2D eigenvalue weighted by atomic mass is 32.2. The number of hydrogen-bond donors (Lipinski definition) is 0. The summed E-state index contributed by atoms with van der Waals surface area (Å²) >= 11 is 2.94. The minimum atomic E-state index is -0.0557. The number of aromatic nitrogens is 2. The molecular weight excluding hydrogens is 446 g/mol. The lowest BCUT2D eigenvalue weighted by atomic mass is 10.2. The summed E-state index contributed by atoms with van der Waals surface area (Å²) in [5.74, 6) is 1.03. The van der Waals surface area contributed by atoms with Crippen molar-refractivity contribution in [2.24, 2.45) is 0 Å². The largest absolute Gasteiger partial charge is 0.494 e. The van der Waals surface area contributed by atoms with E-state index in [2.05, 4.69) is 0 Å². The summed E-state index contributed by atoms with van der Waals surface area (Å²) in [6, 6.07) is 7.47. The summed E-state index contributed by atoms with van der Waals surface area (Å²) in [5.41, 5.74) is 1.83. The van der Waals surface area contributed by atoms with Gasteiger partial charge in [-0.1, -0.05) is 11.8 Å². The quantitative estimate of drug-likeness (QED) is 0.406. The number of hydrogen-bond acceptors (Lipinski definition) is 7. The van der Waals surface area contributed by atoms with E-state index in [0.717, 1.165) is 46.5 Å². The Kier molecular flexibility index (Phi) is 6.21. The van der Waals surface area contributed by atoms with E-state index in [9.17, 15) is 9.59 Å². The van der Waals surface area contributed by atoms with Gasteiger partial charge >= 0.3 is 0 Å². The lowest BCUT2D eigenvalue weighted by Crippen LogP contribution is -2.41. The molecule has 1 fully saturated rings. The van der Waals surface area contributed by atoms with Gasteiger partial charge < -0.3 is 14.4 Å². The zero-order valence-corrected chi connectivity index (χ0v) is 19.6. The monoisotopic (exact) mass is 471 g/mol. The number of thioether (sulfide) groups is 1. The van der Waals surface area contributed by atoms with Crippen LogP contribution in [0.2, 0.25) is 0 Å². The Morgan fingerprint density at radius 2 is 2.00 bits per heavy atom. The second-order valence-electron chi connectivity index (χ2n) is 7.78. The highest BCUT2D eigenvalue weighted by molar-refractivity contribution is 7.99. The third kappa shape index (κ3) is 4.04. The zero-order chi connectivity index (χ0) is 22.1. The molecule has 3 aromatic rings. The summed E-state index contributed by atoms with van der Waals surface area (Å²) < 4.78 is 12.6. The van der Waals surface area contributed by atoms with Gasteiger partial charge in [0.05, 0.1) is 36.6 Å². The molecule has 2 aliphatic rings. The first-order chi connectivity index (χ1) is 15.7. The molecule has 5 rings (SSSR count). The van der Waals surface area contributed by atoms with Gasteiger partial charge in [0.15, 0.2) is 5.16 Å². The van der Waals surface area contributed by atoms with E-state index in [1.54, 1.807) is 15.9 Å². The van der Waals surface area contributed by atoms with E-state index >= 15 is 0 Å². The molecule has 0 spiro atoms. The van der Waals surface area contributed by atoms with Crippen LogP contribution in [0.25, 0.3) is 15.9 Å². The molecule has 0 N–H and O–H groups in total. The van der Waals surface area contributed by atoms with Crippen molar-refractivity contribution in [3.63, 3.8) is 0 Å². The van der Waals surface area contributed by atoms with Crippen LogP contribution in [0.3, 0.4) is 0 Å². The number of nitrogens with zero attached hydrogens (tertiary/aromatic N) is 3. The van der Waals surface area contributed by atoms with Crippen LogP contribution in [0.5, 0.6) is 5.75 Å². The van der Waals surface area contributed by atoms with Crippen molar-refractivity contribution in [2.75, 3.05) is 38.7 Å². The van der Waals surface area contributed by atoms with Gasteiger partial charge in [0.1, 0.15) is 10.6 Å². The number of ether oxygens (including phenoxy) is 2. The van der Waals surface area contributed by atoms with Gasteiger partial charge in [-0.3, -0.25) is 14.2 Å². The number of thiophene rings is 1. The molecule has 3 heterocycles. The van der Waals surface area contributed by atoms with Crippen molar-refractivity contribution < 1.29 is 14.3 Å². The predicted molar refractivity (Wildman–Crippen MR) is 127 cm³/mol. The average molecular weight is 472 g/mol. The van der Waals surface area contributed by atoms with Gasteiger partial charge in [-0.15, -0.1) is 11.3 Å². The molecule has 1 aromatic carbocycles. The van der Waals surface area contributed by atoms with E-state index in [4.69, 9.17) is 14.5 Å². The fourth-order valence-electron chi connectivity index (χ4n) is 4.24. The summed E-state index contributed by atoms with van der Waals surface area (Å²) in [6.45, 7) is 4.87. The van der Waals surface area contributed by atoms with E-state index in [1.165, 1.54) is 16.6 Å². The Labute approximate surface area is 194 Å². The number of carbonyl (C=O) groups excluding carboxylic acids is 1. The van der Waals surface area contributed by atoms with Crippen LogP contribution in [0, 0.1) is 0 Å². The lowest BCUT2D eigenvalue weighted by molar-refractivity contribution is -0.132. The Morgan fingerprint density at radius 3 is 2.75 bits per heavy atom. The minimum absolute atomic E-state index is 0.0413.